The van der Waals surface area contributed by atoms with Crippen LogP contribution in [-0.2, 0) is 0 Å². The Morgan fingerprint density at radius 3 is 2.57 bits per heavy atom. The van der Waals surface area contributed by atoms with Crippen LogP contribution < -0.4 is 15.6 Å². The highest BCUT2D eigenvalue weighted by Gasteiger charge is 2.14. The third kappa shape index (κ3) is 3.24. The van der Waals surface area contributed by atoms with Gasteiger partial charge in [0, 0.05) is 5.69 Å². The van der Waals surface area contributed by atoms with E-state index in [-0.39, 0.29) is 11.6 Å². The van der Waals surface area contributed by atoms with E-state index in [2.05, 4.69) is 15.3 Å². The average Bonchev–Trinajstić information content (AvgIpc) is 2.37. The fourth-order valence-corrected chi connectivity index (χ4v) is 2.54. The first-order chi connectivity index (χ1) is 9.92. The molecule has 2 N–H and O–H groups in total. The molecular formula is C16H21N3O2. The smallest absolute Gasteiger partial charge is 0.256 e. The molecule has 0 radical (unpaired) electrons. The quantitative estimate of drug-likeness (QED) is 0.907. The molecule has 1 aromatic heterocycles. The second-order valence-electron chi connectivity index (χ2n) is 5.20. The van der Waals surface area contributed by atoms with Gasteiger partial charge in [-0.3, -0.25) is 4.79 Å². The molecule has 0 bridgehead atoms. The first kappa shape index (κ1) is 15.1. The minimum Gasteiger partial charge on any atom is -0.496 e. The van der Waals surface area contributed by atoms with Gasteiger partial charge in [0.1, 0.15) is 11.6 Å². The van der Waals surface area contributed by atoms with Gasteiger partial charge >= 0.3 is 0 Å². The number of benzene rings is 1. The summed E-state index contributed by atoms with van der Waals surface area (Å²) in [6, 6.07) is 5.72. The lowest BCUT2D eigenvalue weighted by atomic mass is 10.1. The van der Waals surface area contributed by atoms with Gasteiger partial charge < -0.3 is 15.0 Å². The molecule has 1 unspecified atom stereocenters. The van der Waals surface area contributed by atoms with Gasteiger partial charge in [-0.2, -0.15) is 0 Å². The highest BCUT2D eigenvalue weighted by Crippen LogP contribution is 2.24. The van der Waals surface area contributed by atoms with Crippen molar-refractivity contribution < 1.29 is 4.74 Å². The highest BCUT2D eigenvalue weighted by atomic mass is 16.5. The van der Waals surface area contributed by atoms with Crippen LogP contribution in [0.1, 0.15) is 35.6 Å². The Balaban J connectivity index is 2.28. The minimum absolute atomic E-state index is 0.0924. The van der Waals surface area contributed by atoms with Gasteiger partial charge in [-0.25, -0.2) is 4.98 Å². The van der Waals surface area contributed by atoms with E-state index < -0.39 is 0 Å². The number of aryl methyl sites for hydroxylation is 3. The summed E-state index contributed by atoms with van der Waals surface area (Å²) in [5.41, 5.74) is 3.31. The molecule has 0 saturated heterocycles. The number of methoxy groups -OCH3 is 1. The zero-order valence-electron chi connectivity index (χ0n) is 13.1. The fourth-order valence-electron chi connectivity index (χ4n) is 2.54. The summed E-state index contributed by atoms with van der Waals surface area (Å²) in [5.74, 6) is 1.48. The molecule has 0 saturated carbocycles. The first-order valence-electron chi connectivity index (χ1n) is 6.91. The highest BCUT2D eigenvalue weighted by molar-refractivity contribution is 5.52. The molecule has 0 amide bonds. The monoisotopic (exact) mass is 287 g/mol. The summed E-state index contributed by atoms with van der Waals surface area (Å²) in [6.45, 7) is 7.58. The third-order valence-electron chi connectivity index (χ3n) is 3.48. The Bertz CT molecular complexity index is 707. The first-order valence-corrected chi connectivity index (χ1v) is 6.91. The van der Waals surface area contributed by atoms with Crippen LogP contribution in [0.25, 0.3) is 0 Å². The maximum absolute atomic E-state index is 12.1. The topological polar surface area (TPSA) is 67.0 Å². The van der Waals surface area contributed by atoms with E-state index in [1.807, 2.05) is 39.0 Å². The molecule has 0 fully saturated rings. The lowest BCUT2D eigenvalue weighted by molar-refractivity contribution is 0.412. The number of anilines is 1. The van der Waals surface area contributed by atoms with E-state index >= 15 is 0 Å². The summed E-state index contributed by atoms with van der Waals surface area (Å²) in [5, 5.41) is 3.34. The lowest BCUT2D eigenvalue weighted by Gasteiger charge is -2.17. The van der Waals surface area contributed by atoms with Gasteiger partial charge in [-0.05, 0) is 51.5 Å². The van der Waals surface area contributed by atoms with E-state index in [4.69, 9.17) is 4.74 Å². The van der Waals surface area contributed by atoms with Crippen LogP contribution in [0.5, 0.6) is 5.75 Å². The molecule has 2 aromatic rings. The Morgan fingerprint density at radius 2 is 2.00 bits per heavy atom. The van der Waals surface area contributed by atoms with E-state index in [1.54, 1.807) is 14.0 Å². The van der Waals surface area contributed by atoms with E-state index in [9.17, 15) is 4.79 Å². The van der Waals surface area contributed by atoms with Gasteiger partial charge in [0.05, 0.1) is 24.4 Å². The molecule has 21 heavy (non-hydrogen) atoms. The van der Waals surface area contributed by atoms with Crippen molar-refractivity contribution in [2.75, 3.05) is 12.4 Å². The Labute approximate surface area is 124 Å². The Kier molecular flexibility index (Phi) is 4.31. The summed E-state index contributed by atoms with van der Waals surface area (Å²) in [7, 11) is 1.65. The molecule has 0 aliphatic carbocycles. The molecule has 1 atom stereocenters. The molecule has 5 nitrogen and oxygen atoms in total. The van der Waals surface area contributed by atoms with Gasteiger partial charge in [-0.15, -0.1) is 0 Å². The van der Waals surface area contributed by atoms with E-state index in [1.165, 1.54) is 0 Å². The van der Waals surface area contributed by atoms with Crippen molar-refractivity contribution in [2.45, 2.75) is 33.7 Å². The number of aromatic nitrogens is 2. The van der Waals surface area contributed by atoms with Crippen molar-refractivity contribution in [3.8, 4) is 5.75 Å². The van der Waals surface area contributed by atoms with Crippen molar-refractivity contribution in [1.82, 2.24) is 9.97 Å². The molecule has 112 valence electrons. The van der Waals surface area contributed by atoms with Crippen LogP contribution in [0, 0.1) is 20.8 Å². The summed E-state index contributed by atoms with van der Waals surface area (Å²) in [4.78, 5) is 19.2. The molecule has 0 aliphatic heterocycles. The van der Waals surface area contributed by atoms with Crippen molar-refractivity contribution in [3.05, 3.63) is 51.2 Å². The van der Waals surface area contributed by atoms with Crippen LogP contribution >= 0.6 is 0 Å². The predicted octanol–water partition coefficient (Wildman–Crippen LogP) is 2.88. The fraction of sp³-hybridized carbons (Fsp3) is 0.375. The van der Waals surface area contributed by atoms with Gasteiger partial charge in [0.25, 0.3) is 5.56 Å². The minimum atomic E-state index is -0.130. The largest absolute Gasteiger partial charge is 0.496 e. The SMILES string of the molecule is COc1ccc(NC(C)c2c(C)nc(C)[nH]c2=O)cc1C. The van der Waals surface area contributed by atoms with Crippen LogP contribution in [0.3, 0.4) is 0 Å². The zero-order valence-corrected chi connectivity index (χ0v) is 13.1. The normalized spacial score (nSPS) is 12.0. The number of nitrogens with zero attached hydrogens (tertiary/aromatic N) is 1. The van der Waals surface area contributed by atoms with Crippen molar-refractivity contribution >= 4 is 5.69 Å². The number of aromatic amines is 1. The number of nitrogens with one attached hydrogen (secondary N) is 2. The molecule has 5 heteroatoms. The number of ether oxygens (including phenoxy) is 1. The molecular weight excluding hydrogens is 266 g/mol. The van der Waals surface area contributed by atoms with Gasteiger partial charge in [0.2, 0.25) is 0 Å². The standard InChI is InChI=1S/C16H21N3O2/c1-9-8-13(6-7-14(9)21-5)18-11(3)15-10(2)17-12(4)19-16(15)20/h6-8,11,18H,1-5H3,(H,17,19,20). The number of hydrogen-bond acceptors (Lipinski definition) is 4. The van der Waals surface area contributed by atoms with E-state index in [0.29, 0.717) is 11.4 Å². The lowest BCUT2D eigenvalue weighted by Crippen LogP contribution is -2.23. The van der Waals surface area contributed by atoms with Crippen LogP contribution in [0.4, 0.5) is 5.69 Å². The molecule has 0 spiro atoms. The summed E-state index contributed by atoms with van der Waals surface area (Å²) < 4.78 is 5.25. The second-order valence-corrected chi connectivity index (χ2v) is 5.20. The van der Waals surface area contributed by atoms with Crippen molar-refractivity contribution in [3.63, 3.8) is 0 Å². The molecule has 0 aliphatic rings. The number of hydrogen-bond donors (Lipinski definition) is 2. The number of rotatable bonds is 4. The Morgan fingerprint density at radius 1 is 1.29 bits per heavy atom. The van der Waals surface area contributed by atoms with Crippen LogP contribution in [-0.4, -0.2) is 17.1 Å². The van der Waals surface area contributed by atoms with Crippen LogP contribution in [0.2, 0.25) is 0 Å². The third-order valence-corrected chi connectivity index (χ3v) is 3.48. The van der Waals surface area contributed by atoms with Gasteiger partial charge in [0.15, 0.2) is 0 Å². The van der Waals surface area contributed by atoms with E-state index in [0.717, 1.165) is 22.7 Å². The van der Waals surface area contributed by atoms with Crippen molar-refractivity contribution in [2.24, 2.45) is 0 Å². The summed E-state index contributed by atoms with van der Waals surface area (Å²) in [6.07, 6.45) is 0. The molecule has 2 rings (SSSR count). The molecule has 1 aromatic carbocycles. The summed E-state index contributed by atoms with van der Waals surface area (Å²) >= 11 is 0. The predicted molar refractivity (Wildman–Crippen MR) is 84.1 cm³/mol. The maximum atomic E-state index is 12.1. The second kappa shape index (κ2) is 5.99. The Hall–Kier alpha value is -2.30. The molecule has 1 heterocycles. The van der Waals surface area contributed by atoms with Gasteiger partial charge in [-0.1, -0.05) is 0 Å². The van der Waals surface area contributed by atoms with Crippen molar-refractivity contribution in [1.29, 1.82) is 0 Å². The zero-order chi connectivity index (χ0) is 15.6. The van der Waals surface area contributed by atoms with Crippen LogP contribution in [0.15, 0.2) is 23.0 Å². The average molecular weight is 287 g/mol. The maximum Gasteiger partial charge on any atom is 0.256 e. The number of H-pyrrole nitrogens is 1.